The first kappa shape index (κ1) is 19.6. The maximum atomic E-state index is 11.2. The Bertz CT molecular complexity index is 423. The molecule has 1 saturated heterocycles. The van der Waals surface area contributed by atoms with Crippen molar-refractivity contribution < 1.29 is 34.0 Å². The topological polar surface area (TPSA) is 102 Å². The van der Waals surface area contributed by atoms with Crippen LogP contribution in [0.3, 0.4) is 0 Å². The van der Waals surface area contributed by atoms with E-state index in [9.17, 15) is 19.8 Å². The van der Waals surface area contributed by atoms with Gasteiger partial charge in [0.1, 0.15) is 12.7 Å². The number of hydrogen-bond acceptors (Lipinski definition) is 7. The van der Waals surface area contributed by atoms with Gasteiger partial charge in [-0.1, -0.05) is 13.0 Å². The minimum Gasteiger partial charge on any atom is -0.462 e. The molecule has 0 amide bonds. The van der Waals surface area contributed by atoms with E-state index in [1.54, 1.807) is 13.0 Å². The van der Waals surface area contributed by atoms with Crippen LogP contribution in [0.25, 0.3) is 0 Å². The zero-order valence-electron chi connectivity index (χ0n) is 13.8. The summed E-state index contributed by atoms with van der Waals surface area (Å²) in [5.74, 6) is -1.39. The van der Waals surface area contributed by atoms with E-state index in [-0.39, 0.29) is 13.0 Å². The third-order valence-electron chi connectivity index (χ3n) is 3.89. The molecule has 0 aromatic heterocycles. The molecule has 1 aliphatic rings. The number of carbonyl (C=O) groups is 2. The summed E-state index contributed by atoms with van der Waals surface area (Å²) >= 11 is 0. The molecule has 0 unspecified atom stereocenters. The number of aliphatic hydroxyl groups is 2. The fraction of sp³-hybridized carbons (Fsp3) is 0.750. The van der Waals surface area contributed by atoms with Crippen molar-refractivity contribution in [1.29, 1.82) is 0 Å². The second-order valence-corrected chi connectivity index (χ2v) is 5.85. The highest BCUT2D eigenvalue weighted by Crippen LogP contribution is 2.30. The van der Waals surface area contributed by atoms with E-state index in [1.165, 1.54) is 13.8 Å². The van der Waals surface area contributed by atoms with Crippen LogP contribution in [0.15, 0.2) is 12.7 Å². The fourth-order valence-corrected chi connectivity index (χ4v) is 2.67. The Morgan fingerprint density at radius 1 is 1.22 bits per heavy atom. The summed E-state index contributed by atoms with van der Waals surface area (Å²) in [5.41, 5.74) is 0. The summed E-state index contributed by atoms with van der Waals surface area (Å²) in [7, 11) is 0. The Hall–Kier alpha value is -1.44. The molecule has 23 heavy (non-hydrogen) atoms. The normalized spacial score (nSPS) is 32.0. The van der Waals surface area contributed by atoms with E-state index < -0.39 is 48.4 Å². The Balaban J connectivity index is 2.76. The Labute approximate surface area is 136 Å². The molecular formula is C16H26O7. The molecule has 0 radical (unpaired) electrons. The van der Waals surface area contributed by atoms with E-state index in [1.807, 2.05) is 0 Å². The van der Waals surface area contributed by atoms with E-state index in [0.29, 0.717) is 6.42 Å². The second kappa shape index (κ2) is 9.00. The maximum Gasteiger partial charge on any atom is 0.303 e. The smallest absolute Gasteiger partial charge is 0.303 e. The quantitative estimate of drug-likeness (QED) is 0.520. The van der Waals surface area contributed by atoms with Crippen molar-refractivity contribution in [3.05, 3.63) is 12.7 Å². The Morgan fingerprint density at radius 3 is 2.35 bits per heavy atom. The monoisotopic (exact) mass is 330 g/mol. The number of aliphatic hydroxyl groups excluding tert-OH is 2. The van der Waals surface area contributed by atoms with Crippen molar-refractivity contribution in [1.82, 2.24) is 0 Å². The molecule has 7 nitrogen and oxygen atoms in total. The van der Waals surface area contributed by atoms with E-state index >= 15 is 0 Å². The van der Waals surface area contributed by atoms with Crippen molar-refractivity contribution >= 4 is 11.9 Å². The average Bonchev–Trinajstić information content (AvgIpc) is 2.47. The van der Waals surface area contributed by atoms with Crippen LogP contribution in [0.5, 0.6) is 0 Å². The second-order valence-electron chi connectivity index (χ2n) is 5.85. The van der Waals surface area contributed by atoms with Gasteiger partial charge in [0.15, 0.2) is 0 Å². The third kappa shape index (κ3) is 5.93. The molecule has 1 fully saturated rings. The average molecular weight is 330 g/mol. The van der Waals surface area contributed by atoms with Gasteiger partial charge in [0.2, 0.25) is 0 Å². The maximum absolute atomic E-state index is 11.2. The number of ether oxygens (including phenoxy) is 3. The van der Waals surface area contributed by atoms with Gasteiger partial charge in [-0.2, -0.15) is 0 Å². The fourth-order valence-electron chi connectivity index (χ4n) is 2.67. The third-order valence-corrected chi connectivity index (χ3v) is 3.89. The lowest BCUT2D eigenvalue weighted by molar-refractivity contribution is -0.206. The zero-order valence-corrected chi connectivity index (χ0v) is 13.8. The van der Waals surface area contributed by atoms with Gasteiger partial charge in [0.05, 0.1) is 24.4 Å². The molecule has 6 atom stereocenters. The summed E-state index contributed by atoms with van der Waals surface area (Å²) in [5, 5.41) is 20.4. The van der Waals surface area contributed by atoms with Crippen molar-refractivity contribution in [2.24, 2.45) is 5.92 Å². The zero-order chi connectivity index (χ0) is 17.6. The van der Waals surface area contributed by atoms with Crippen molar-refractivity contribution in [3.8, 4) is 0 Å². The minimum absolute atomic E-state index is 0.107. The van der Waals surface area contributed by atoms with Gasteiger partial charge < -0.3 is 24.4 Å². The van der Waals surface area contributed by atoms with Gasteiger partial charge in [-0.3, -0.25) is 9.59 Å². The van der Waals surface area contributed by atoms with Gasteiger partial charge in [-0.15, -0.1) is 6.58 Å². The number of rotatable bonds is 7. The van der Waals surface area contributed by atoms with Gasteiger partial charge in [-0.05, 0) is 6.42 Å². The number of carbonyl (C=O) groups excluding carboxylic acids is 2. The van der Waals surface area contributed by atoms with Gasteiger partial charge >= 0.3 is 11.9 Å². The minimum atomic E-state index is -0.915. The predicted molar refractivity (Wildman–Crippen MR) is 81.5 cm³/mol. The van der Waals surface area contributed by atoms with Crippen LogP contribution in [0.4, 0.5) is 0 Å². The van der Waals surface area contributed by atoms with Crippen LogP contribution < -0.4 is 0 Å². The van der Waals surface area contributed by atoms with Gasteiger partial charge in [0, 0.05) is 26.2 Å². The Morgan fingerprint density at radius 2 is 1.83 bits per heavy atom. The SMILES string of the molecule is C=CC[C@@H]1O[C@@H](C[C@H](COC(C)=O)OC(C)=O)[C@@H](O)[C@H](C)[C@H]1O. The molecule has 1 heterocycles. The number of esters is 2. The van der Waals surface area contributed by atoms with E-state index in [0.717, 1.165) is 0 Å². The first-order valence-electron chi connectivity index (χ1n) is 7.69. The highest BCUT2D eigenvalue weighted by Gasteiger charge is 2.42. The summed E-state index contributed by atoms with van der Waals surface area (Å²) < 4.78 is 15.7. The molecule has 1 aliphatic heterocycles. The van der Waals surface area contributed by atoms with Crippen molar-refractivity contribution in [3.63, 3.8) is 0 Å². The van der Waals surface area contributed by atoms with Crippen LogP contribution in [-0.4, -0.2) is 59.3 Å². The molecule has 0 saturated carbocycles. The molecule has 0 aromatic carbocycles. The largest absolute Gasteiger partial charge is 0.462 e. The van der Waals surface area contributed by atoms with E-state index in [4.69, 9.17) is 14.2 Å². The summed E-state index contributed by atoms with van der Waals surface area (Å²) in [6, 6.07) is 0. The molecule has 2 N–H and O–H groups in total. The molecule has 0 spiro atoms. The van der Waals surface area contributed by atoms with Gasteiger partial charge in [-0.25, -0.2) is 0 Å². The first-order chi connectivity index (χ1) is 10.8. The lowest BCUT2D eigenvalue weighted by atomic mass is 9.85. The van der Waals surface area contributed by atoms with Crippen LogP contribution in [0, 0.1) is 5.92 Å². The van der Waals surface area contributed by atoms with Crippen LogP contribution in [0.2, 0.25) is 0 Å². The molecule has 1 rings (SSSR count). The van der Waals surface area contributed by atoms with Crippen LogP contribution in [-0.2, 0) is 23.8 Å². The Kier molecular flexibility index (Phi) is 7.67. The van der Waals surface area contributed by atoms with Crippen LogP contribution in [0.1, 0.15) is 33.6 Å². The van der Waals surface area contributed by atoms with Crippen LogP contribution >= 0.6 is 0 Å². The molecule has 0 aliphatic carbocycles. The molecule has 0 bridgehead atoms. The lowest BCUT2D eigenvalue weighted by Crippen LogP contribution is -2.54. The highest BCUT2D eigenvalue weighted by atomic mass is 16.6. The highest BCUT2D eigenvalue weighted by molar-refractivity contribution is 5.67. The summed E-state index contributed by atoms with van der Waals surface area (Å²) in [6.45, 7) is 7.77. The van der Waals surface area contributed by atoms with Gasteiger partial charge in [0.25, 0.3) is 0 Å². The summed E-state index contributed by atoms with van der Waals surface area (Å²) in [4.78, 5) is 22.1. The van der Waals surface area contributed by atoms with E-state index in [2.05, 4.69) is 6.58 Å². The molecular weight excluding hydrogens is 304 g/mol. The van der Waals surface area contributed by atoms with Crippen molar-refractivity contribution in [2.45, 2.75) is 64.1 Å². The standard InChI is InChI=1S/C16H26O7/c1-5-6-13-15(19)9(2)16(20)14(23-13)7-12(22-11(4)18)8-21-10(3)17/h5,9,12-16,19-20H,1,6-8H2,2-4H3/t9-,12-,13+,14+,15-,16+/m1/s1. The summed E-state index contributed by atoms with van der Waals surface area (Å²) in [6.07, 6.45) is -1.32. The first-order valence-corrected chi connectivity index (χ1v) is 7.69. The van der Waals surface area contributed by atoms with Crippen molar-refractivity contribution in [2.75, 3.05) is 6.61 Å². The lowest BCUT2D eigenvalue weighted by Gasteiger charge is -2.42. The molecule has 132 valence electrons. The molecule has 7 heteroatoms. The molecule has 0 aromatic rings. The predicted octanol–water partition coefficient (Wildman–Crippen LogP) is 0.573. The number of hydrogen-bond donors (Lipinski definition) is 2.